The number of hydrogen-bond donors (Lipinski definition) is 1. The molecule has 3 rings (SSSR count). The summed E-state index contributed by atoms with van der Waals surface area (Å²) in [4.78, 5) is 12.6. The van der Waals surface area contributed by atoms with Crippen LogP contribution in [0.15, 0.2) is 51.5 Å². The Morgan fingerprint density at radius 1 is 1.29 bits per heavy atom. The monoisotopic (exact) mass is 408 g/mol. The molecule has 0 saturated heterocycles. The summed E-state index contributed by atoms with van der Waals surface area (Å²) in [5, 5.41) is 6.71. The Balaban J connectivity index is 2.03. The van der Waals surface area contributed by atoms with E-state index in [0.29, 0.717) is 5.69 Å². The molecule has 1 amide bonds. The first-order valence-electron chi connectivity index (χ1n) is 6.95. The van der Waals surface area contributed by atoms with Crippen LogP contribution in [-0.2, 0) is 0 Å². The van der Waals surface area contributed by atoms with Gasteiger partial charge in [0.05, 0.1) is 10.6 Å². The fraction of sp³-hybridized carbons (Fsp3) is 0.0588. The number of nitrogens with one attached hydrogen (secondary N) is 1. The molecule has 1 aromatic heterocycles. The van der Waals surface area contributed by atoms with Crippen molar-refractivity contribution in [1.82, 2.24) is 5.16 Å². The second-order valence-electron chi connectivity index (χ2n) is 5.02. The number of amides is 1. The second kappa shape index (κ2) is 6.75. The summed E-state index contributed by atoms with van der Waals surface area (Å²) in [5.74, 6) is -0.759. The fourth-order valence-corrected chi connectivity index (χ4v) is 2.95. The SMILES string of the molecule is Cc1onc(-c2c(F)cccc2Cl)c1C(=O)Nc1cccc(Br)c1. The van der Waals surface area contributed by atoms with Crippen molar-refractivity contribution in [2.24, 2.45) is 0 Å². The normalized spacial score (nSPS) is 10.7. The molecule has 0 aliphatic carbocycles. The third-order valence-electron chi connectivity index (χ3n) is 3.37. The average molecular weight is 410 g/mol. The van der Waals surface area contributed by atoms with Crippen molar-refractivity contribution in [3.8, 4) is 11.3 Å². The highest BCUT2D eigenvalue weighted by molar-refractivity contribution is 9.10. The summed E-state index contributed by atoms with van der Waals surface area (Å²) in [6.45, 7) is 1.58. The minimum Gasteiger partial charge on any atom is -0.360 e. The maximum absolute atomic E-state index is 14.2. The van der Waals surface area contributed by atoms with Crippen molar-refractivity contribution >= 4 is 39.1 Å². The van der Waals surface area contributed by atoms with Crippen LogP contribution in [0.3, 0.4) is 0 Å². The summed E-state index contributed by atoms with van der Waals surface area (Å²) in [6, 6.07) is 11.4. The van der Waals surface area contributed by atoms with Gasteiger partial charge in [-0.2, -0.15) is 0 Å². The first-order chi connectivity index (χ1) is 11.5. The molecule has 0 fully saturated rings. The molecule has 1 heterocycles. The lowest BCUT2D eigenvalue weighted by atomic mass is 10.0. The summed E-state index contributed by atoms with van der Waals surface area (Å²) in [5.41, 5.74) is 0.834. The maximum Gasteiger partial charge on any atom is 0.261 e. The molecule has 0 aliphatic rings. The Morgan fingerprint density at radius 3 is 2.75 bits per heavy atom. The van der Waals surface area contributed by atoms with Crippen LogP contribution in [-0.4, -0.2) is 11.1 Å². The summed E-state index contributed by atoms with van der Waals surface area (Å²) in [7, 11) is 0. The third kappa shape index (κ3) is 3.20. The molecule has 7 heteroatoms. The van der Waals surface area contributed by atoms with Crippen molar-refractivity contribution in [3.05, 3.63) is 69.1 Å². The lowest BCUT2D eigenvalue weighted by Gasteiger charge is -2.07. The highest BCUT2D eigenvalue weighted by Crippen LogP contribution is 2.33. The van der Waals surface area contributed by atoms with Crippen molar-refractivity contribution < 1.29 is 13.7 Å². The van der Waals surface area contributed by atoms with Gasteiger partial charge in [-0.25, -0.2) is 4.39 Å². The first-order valence-corrected chi connectivity index (χ1v) is 8.12. The molecular weight excluding hydrogens is 399 g/mol. The number of hydrogen-bond acceptors (Lipinski definition) is 3. The molecule has 24 heavy (non-hydrogen) atoms. The molecule has 0 atom stereocenters. The van der Waals surface area contributed by atoms with E-state index >= 15 is 0 Å². The number of halogens is 3. The molecule has 0 unspecified atom stereocenters. The number of benzene rings is 2. The van der Waals surface area contributed by atoms with Crippen LogP contribution in [0.5, 0.6) is 0 Å². The lowest BCUT2D eigenvalue weighted by Crippen LogP contribution is -2.13. The van der Waals surface area contributed by atoms with Gasteiger partial charge in [0, 0.05) is 10.2 Å². The number of nitrogens with zero attached hydrogens (tertiary/aromatic N) is 1. The maximum atomic E-state index is 14.2. The third-order valence-corrected chi connectivity index (χ3v) is 4.18. The van der Waals surface area contributed by atoms with Crippen molar-refractivity contribution in [3.63, 3.8) is 0 Å². The molecule has 3 aromatic rings. The Labute approximate surface area is 150 Å². The quantitative estimate of drug-likeness (QED) is 0.625. The number of anilines is 1. The van der Waals surface area contributed by atoms with E-state index in [1.807, 2.05) is 6.07 Å². The summed E-state index contributed by atoms with van der Waals surface area (Å²) >= 11 is 9.41. The van der Waals surface area contributed by atoms with E-state index in [1.165, 1.54) is 18.2 Å². The van der Waals surface area contributed by atoms with Crippen molar-refractivity contribution in [1.29, 1.82) is 0 Å². The lowest BCUT2D eigenvalue weighted by molar-refractivity contribution is 0.102. The highest BCUT2D eigenvalue weighted by Gasteiger charge is 2.25. The largest absolute Gasteiger partial charge is 0.360 e. The molecule has 0 radical (unpaired) electrons. The van der Waals surface area contributed by atoms with E-state index in [4.69, 9.17) is 16.1 Å². The minimum absolute atomic E-state index is 0.0374. The van der Waals surface area contributed by atoms with Crippen LogP contribution in [0.4, 0.5) is 10.1 Å². The number of aromatic nitrogens is 1. The zero-order valence-electron chi connectivity index (χ0n) is 12.4. The fourth-order valence-electron chi connectivity index (χ4n) is 2.29. The number of carbonyl (C=O) groups is 1. The second-order valence-corrected chi connectivity index (χ2v) is 6.35. The Bertz CT molecular complexity index is 906. The Morgan fingerprint density at radius 2 is 2.04 bits per heavy atom. The van der Waals surface area contributed by atoms with E-state index in [2.05, 4.69) is 26.4 Å². The van der Waals surface area contributed by atoms with Gasteiger partial charge in [-0.3, -0.25) is 4.79 Å². The van der Waals surface area contributed by atoms with Gasteiger partial charge in [0.15, 0.2) is 0 Å². The molecule has 2 aromatic carbocycles. The molecular formula is C17H11BrClFN2O2. The van der Waals surface area contributed by atoms with Crippen LogP contribution in [0, 0.1) is 12.7 Å². The zero-order chi connectivity index (χ0) is 17.3. The number of carbonyl (C=O) groups excluding carboxylic acids is 1. The van der Waals surface area contributed by atoms with Crippen molar-refractivity contribution in [2.45, 2.75) is 6.92 Å². The smallest absolute Gasteiger partial charge is 0.261 e. The van der Waals surface area contributed by atoms with E-state index in [0.717, 1.165) is 4.47 Å². The molecule has 0 spiro atoms. The molecule has 0 saturated carbocycles. The van der Waals surface area contributed by atoms with Gasteiger partial charge in [0.2, 0.25) is 0 Å². The number of rotatable bonds is 3. The zero-order valence-corrected chi connectivity index (χ0v) is 14.8. The molecule has 0 bridgehead atoms. The topological polar surface area (TPSA) is 55.1 Å². The predicted octanol–water partition coefficient (Wildman–Crippen LogP) is 5.46. The van der Waals surface area contributed by atoms with Gasteiger partial charge in [-0.05, 0) is 37.3 Å². The first kappa shape index (κ1) is 16.7. The van der Waals surface area contributed by atoms with Gasteiger partial charge >= 0.3 is 0 Å². The number of aryl methyl sites for hydroxylation is 1. The van der Waals surface area contributed by atoms with Gasteiger partial charge in [-0.1, -0.05) is 44.8 Å². The molecule has 0 aliphatic heterocycles. The summed E-state index contributed by atoms with van der Waals surface area (Å²) < 4.78 is 20.1. The van der Waals surface area contributed by atoms with Crippen LogP contribution < -0.4 is 5.32 Å². The minimum atomic E-state index is -0.577. The van der Waals surface area contributed by atoms with E-state index < -0.39 is 11.7 Å². The predicted molar refractivity (Wildman–Crippen MR) is 93.7 cm³/mol. The standard InChI is InChI=1S/C17H11BrClFN2O2/c1-9-14(17(23)21-11-5-2-4-10(18)8-11)16(22-24-9)15-12(19)6-3-7-13(15)20/h2-8H,1H3,(H,21,23). The molecule has 4 nitrogen and oxygen atoms in total. The average Bonchev–Trinajstić information content (AvgIpc) is 2.89. The molecule has 122 valence electrons. The Hall–Kier alpha value is -2.18. The van der Waals surface area contributed by atoms with Crippen molar-refractivity contribution in [2.75, 3.05) is 5.32 Å². The van der Waals surface area contributed by atoms with Gasteiger partial charge < -0.3 is 9.84 Å². The Kier molecular flexibility index (Phi) is 4.69. The molecule has 1 N–H and O–H groups in total. The summed E-state index contributed by atoms with van der Waals surface area (Å²) in [6.07, 6.45) is 0. The van der Waals surface area contributed by atoms with Crippen LogP contribution in [0.25, 0.3) is 11.3 Å². The van der Waals surface area contributed by atoms with Crippen LogP contribution in [0.2, 0.25) is 5.02 Å². The van der Waals surface area contributed by atoms with E-state index in [-0.39, 0.29) is 27.6 Å². The highest BCUT2D eigenvalue weighted by atomic mass is 79.9. The van der Waals surface area contributed by atoms with Gasteiger partial charge in [-0.15, -0.1) is 0 Å². The van der Waals surface area contributed by atoms with Gasteiger partial charge in [0.25, 0.3) is 5.91 Å². The van der Waals surface area contributed by atoms with Gasteiger partial charge in [0.1, 0.15) is 22.8 Å². The van der Waals surface area contributed by atoms with E-state index in [9.17, 15) is 9.18 Å². The van der Waals surface area contributed by atoms with Crippen LogP contribution in [0.1, 0.15) is 16.1 Å². The van der Waals surface area contributed by atoms with Crippen LogP contribution >= 0.6 is 27.5 Å². The van der Waals surface area contributed by atoms with E-state index in [1.54, 1.807) is 25.1 Å².